The molecule has 1 saturated carbocycles. The van der Waals surface area contributed by atoms with Gasteiger partial charge in [-0.2, -0.15) is 0 Å². The van der Waals surface area contributed by atoms with Crippen molar-refractivity contribution >= 4 is 34.3 Å². The Morgan fingerprint density at radius 2 is 1.64 bits per heavy atom. The maximum atomic E-state index is 12.4. The predicted molar refractivity (Wildman–Crippen MR) is 105 cm³/mol. The molecule has 0 unspecified atom stereocenters. The number of nitrogens with one attached hydrogen (secondary N) is 2. The molecule has 28 heavy (non-hydrogen) atoms. The number of hydrogen-bond acceptors (Lipinski definition) is 6. The summed E-state index contributed by atoms with van der Waals surface area (Å²) in [6, 6.07) is 10.2. The van der Waals surface area contributed by atoms with E-state index in [4.69, 9.17) is 0 Å². The Kier molecular flexibility index (Phi) is 5.83. The van der Waals surface area contributed by atoms with E-state index in [-0.39, 0.29) is 23.2 Å². The number of anilines is 3. The van der Waals surface area contributed by atoms with Crippen LogP contribution in [0.5, 0.6) is 0 Å². The highest BCUT2D eigenvalue weighted by Crippen LogP contribution is 2.32. The van der Waals surface area contributed by atoms with Crippen molar-refractivity contribution in [3.8, 4) is 0 Å². The number of carbonyl (C=O) groups is 1. The fourth-order valence-corrected chi connectivity index (χ4v) is 3.33. The van der Waals surface area contributed by atoms with Crippen LogP contribution in [-0.2, 0) is 4.79 Å². The Labute approximate surface area is 161 Å². The molecule has 1 aliphatic carbocycles. The molecule has 2 aromatic carbocycles. The van der Waals surface area contributed by atoms with E-state index in [2.05, 4.69) is 10.6 Å². The quantitative estimate of drug-likeness (QED) is 0.546. The van der Waals surface area contributed by atoms with Crippen molar-refractivity contribution in [3.05, 3.63) is 62.7 Å². The van der Waals surface area contributed by atoms with Crippen LogP contribution in [0.4, 0.5) is 28.4 Å². The zero-order valence-corrected chi connectivity index (χ0v) is 15.1. The van der Waals surface area contributed by atoms with Gasteiger partial charge in [0.25, 0.3) is 11.4 Å². The normalized spacial score (nSPS) is 14.3. The summed E-state index contributed by atoms with van der Waals surface area (Å²) in [5.74, 6) is -0.000656. The molecule has 1 amide bonds. The highest BCUT2D eigenvalue weighted by atomic mass is 16.6. The van der Waals surface area contributed by atoms with Gasteiger partial charge in [-0.25, -0.2) is 0 Å². The van der Waals surface area contributed by atoms with Gasteiger partial charge in [-0.1, -0.05) is 25.3 Å². The fourth-order valence-electron chi connectivity index (χ4n) is 3.33. The minimum atomic E-state index is -0.682. The summed E-state index contributed by atoms with van der Waals surface area (Å²) in [4.78, 5) is 33.1. The van der Waals surface area contributed by atoms with Crippen molar-refractivity contribution in [2.24, 2.45) is 5.92 Å². The van der Waals surface area contributed by atoms with E-state index in [0.29, 0.717) is 11.4 Å². The lowest BCUT2D eigenvalue weighted by Crippen LogP contribution is -2.24. The fraction of sp³-hybridized carbons (Fsp3) is 0.316. The van der Waals surface area contributed by atoms with E-state index < -0.39 is 15.5 Å². The molecule has 0 atom stereocenters. The molecule has 0 aliphatic heterocycles. The third-order valence-corrected chi connectivity index (χ3v) is 4.77. The first-order valence-electron chi connectivity index (χ1n) is 9.05. The van der Waals surface area contributed by atoms with E-state index in [1.165, 1.54) is 12.1 Å². The number of nitro benzene ring substituents is 2. The topological polar surface area (TPSA) is 127 Å². The van der Waals surface area contributed by atoms with Crippen LogP contribution in [0.1, 0.15) is 32.1 Å². The first-order valence-corrected chi connectivity index (χ1v) is 9.05. The molecule has 0 spiro atoms. The smallest absolute Gasteiger partial charge is 0.299 e. The molecule has 2 aromatic rings. The van der Waals surface area contributed by atoms with E-state index >= 15 is 0 Å². The van der Waals surface area contributed by atoms with Crippen LogP contribution < -0.4 is 10.6 Å². The molecule has 9 heteroatoms. The highest BCUT2D eigenvalue weighted by Gasteiger charge is 2.22. The van der Waals surface area contributed by atoms with E-state index in [1.807, 2.05) is 0 Å². The van der Waals surface area contributed by atoms with Gasteiger partial charge in [0, 0.05) is 23.4 Å². The lowest BCUT2D eigenvalue weighted by atomic mass is 9.88. The van der Waals surface area contributed by atoms with E-state index in [0.717, 1.165) is 38.2 Å². The van der Waals surface area contributed by atoms with Gasteiger partial charge in [-0.05, 0) is 37.1 Å². The average molecular weight is 384 g/mol. The second-order valence-corrected chi connectivity index (χ2v) is 6.75. The average Bonchev–Trinajstić information content (AvgIpc) is 2.69. The maximum absolute atomic E-state index is 12.4. The summed E-state index contributed by atoms with van der Waals surface area (Å²) in [5, 5.41) is 27.9. The molecule has 9 nitrogen and oxygen atoms in total. The summed E-state index contributed by atoms with van der Waals surface area (Å²) in [7, 11) is 0. The summed E-state index contributed by atoms with van der Waals surface area (Å²) in [6.45, 7) is 0. The first kappa shape index (κ1) is 19.3. The lowest BCUT2D eigenvalue weighted by molar-refractivity contribution is -0.393. The second kappa shape index (κ2) is 8.47. The summed E-state index contributed by atoms with van der Waals surface area (Å²) < 4.78 is 0. The van der Waals surface area contributed by atoms with Crippen molar-refractivity contribution in [3.63, 3.8) is 0 Å². The van der Waals surface area contributed by atoms with Crippen molar-refractivity contribution in [1.82, 2.24) is 0 Å². The number of nitrogens with zero attached hydrogens (tertiary/aromatic N) is 2. The molecule has 1 fully saturated rings. The van der Waals surface area contributed by atoms with E-state index in [1.54, 1.807) is 24.3 Å². The van der Waals surface area contributed by atoms with Gasteiger partial charge in [0.05, 0.1) is 15.9 Å². The number of hydrogen-bond donors (Lipinski definition) is 2. The Balaban J connectivity index is 1.76. The van der Waals surface area contributed by atoms with Crippen LogP contribution in [0.3, 0.4) is 0 Å². The minimum absolute atomic E-state index is 0.0149. The molecule has 3 rings (SSSR count). The van der Waals surface area contributed by atoms with Gasteiger partial charge in [-0.3, -0.25) is 25.0 Å². The molecule has 0 aromatic heterocycles. The number of nitro groups is 2. The van der Waals surface area contributed by atoms with Gasteiger partial charge in [-0.15, -0.1) is 0 Å². The summed E-state index contributed by atoms with van der Waals surface area (Å²) >= 11 is 0. The number of carbonyl (C=O) groups excluding carboxylic acids is 1. The van der Waals surface area contributed by atoms with Crippen LogP contribution in [0, 0.1) is 26.1 Å². The molecule has 1 aliphatic rings. The molecule has 0 bridgehead atoms. The summed E-state index contributed by atoms with van der Waals surface area (Å²) in [5.41, 5.74) is 0.492. The number of non-ortho nitro benzene ring substituents is 1. The van der Waals surface area contributed by atoms with Crippen LogP contribution in [0.2, 0.25) is 0 Å². The van der Waals surface area contributed by atoms with E-state index in [9.17, 15) is 25.0 Å². The number of benzene rings is 2. The van der Waals surface area contributed by atoms with Gasteiger partial charge >= 0.3 is 0 Å². The van der Waals surface area contributed by atoms with Crippen molar-refractivity contribution in [2.75, 3.05) is 10.6 Å². The Bertz CT molecular complexity index is 909. The van der Waals surface area contributed by atoms with Crippen LogP contribution >= 0.6 is 0 Å². The van der Waals surface area contributed by atoms with Gasteiger partial charge < -0.3 is 10.6 Å². The highest BCUT2D eigenvalue weighted by molar-refractivity contribution is 5.93. The van der Waals surface area contributed by atoms with Crippen LogP contribution in [-0.4, -0.2) is 15.8 Å². The molecule has 146 valence electrons. The van der Waals surface area contributed by atoms with Crippen molar-refractivity contribution in [1.29, 1.82) is 0 Å². The molecule has 0 saturated heterocycles. The number of amides is 1. The third-order valence-electron chi connectivity index (χ3n) is 4.77. The van der Waals surface area contributed by atoms with Crippen LogP contribution in [0.25, 0.3) is 0 Å². The Hall–Kier alpha value is -3.49. The SMILES string of the molecule is O=C(Nc1cccc(Nc2ccc([N+](=O)[O-])cc2[N+](=O)[O-])c1)C1CCCCC1. The number of rotatable bonds is 6. The molecule has 2 N–H and O–H groups in total. The lowest BCUT2D eigenvalue weighted by Gasteiger charge is -2.21. The zero-order valence-electron chi connectivity index (χ0n) is 15.1. The predicted octanol–water partition coefficient (Wildman–Crippen LogP) is 4.77. The molecular formula is C19H20N4O5. The molecule has 0 radical (unpaired) electrons. The van der Waals surface area contributed by atoms with Gasteiger partial charge in [0.15, 0.2) is 0 Å². The Morgan fingerprint density at radius 3 is 2.32 bits per heavy atom. The molecular weight excluding hydrogens is 364 g/mol. The van der Waals surface area contributed by atoms with Crippen LogP contribution in [0.15, 0.2) is 42.5 Å². The minimum Gasteiger partial charge on any atom is -0.350 e. The second-order valence-electron chi connectivity index (χ2n) is 6.75. The van der Waals surface area contributed by atoms with Gasteiger partial charge in [0.1, 0.15) is 5.69 Å². The summed E-state index contributed by atoms with van der Waals surface area (Å²) in [6.07, 6.45) is 5.06. The largest absolute Gasteiger partial charge is 0.350 e. The first-order chi connectivity index (χ1) is 13.4. The molecule has 0 heterocycles. The van der Waals surface area contributed by atoms with Gasteiger partial charge in [0.2, 0.25) is 5.91 Å². The monoisotopic (exact) mass is 384 g/mol. The van der Waals surface area contributed by atoms with Crippen molar-refractivity contribution < 1.29 is 14.6 Å². The zero-order chi connectivity index (χ0) is 20.1. The third kappa shape index (κ3) is 4.61. The Morgan fingerprint density at radius 1 is 0.929 bits per heavy atom. The van der Waals surface area contributed by atoms with Crippen molar-refractivity contribution in [2.45, 2.75) is 32.1 Å². The maximum Gasteiger partial charge on any atom is 0.299 e. The standard InChI is InChI=1S/C19H20N4O5/c24-19(13-5-2-1-3-6-13)21-15-8-4-7-14(11-15)20-17-10-9-16(22(25)26)12-18(17)23(27)28/h4,7-13,20H,1-3,5-6H2,(H,21,24).